The van der Waals surface area contributed by atoms with Crippen LogP contribution < -0.4 is 0 Å². The van der Waals surface area contributed by atoms with Gasteiger partial charge in [-0.05, 0) is 34.0 Å². The Labute approximate surface area is 84.8 Å². The number of benzene rings is 1. The number of aromatic nitrogens is 1. The van der Waals surface area contributed by atoms with Gasteiger partial charge in [0, 0.05) is 5.39 Å². The van der Waals surface area contributed by atoms with Gasteiger partial charge in [0.15, 0.2) is 5.58 Å². The van der Waals surface area contributed by atoms with Crippen LogP contribution in [0.15, 0.2) is 45.7 Å². The van der Waals surface area contributed by atoms with Gasteiger partial charge in [0.05, 0.1) is 6.20 Å². The summed E-state index contributed by atoms with van der Waals surface area (Å²) in [5.41, 5.74) is 3.25. The maximum atomic E-state index is 5.11. The molecule has 0 bridgehead atoms. The number of hydrogen-bond donors (Lipinski definition) is 0. The second-order valence-electron chi connectivity index (χ2n) is 3.06. The molecule has 0 aliphatic heterocycles. The van der Waals surface area contributed by atoms with Gasteiger partial charge >= 0.3 is 0 Å². The minimum Gasteiger partial charge on any atom is -0.356 e. The van der Waals surface area contributed by atoms with Gasteiger partial charge in [0.25, 0.3) is 0 Å². The predicted molar refractivity (Wildman–Crippen MR) is 57.3 cm³/mol. The lowest BCUT2D eigenvalue weighted by Gasteiger charge is -1.97. The van der Waals surface area contributed by atoms with Crippen molar-refractivity contribution in [2.24, 2.45) is 0 Å². The molecular formula is C11H7NOS. The number of thiophene rings is 1. The Bertz CT molecular complexity index is 553. The zero-order valence-corrected chi connectivity index (χ0v) is 8.12. The summed E-state index contributed by atoms with van der Waals surface area (Å²) in [6.45, 7) is 0. The highest BCUT2D eigenvalue weighted by atomic mass is 32.1. The zero-order chi connectivity index (χ0) is 9.38. The Morgan fingerprint density at radius 2 is 2.21 bits per heavy atom. The molecule has 3 rings (SSSR count). The summed E-state index contributed by atoms with van der Waals surface area (Å²) >= 11 is 1.69. The summed E-state index contributed by atoms with van der Waals surface area (Å²) < 4.78 is 5.11. The summed E-state index contributed by atoms with van der Waals surface area (Å²) in [4.78, 5) is 0. The molecule has 3 heteroatoms. The largest absolute Gasteiger partial charge is 0.356 e. The Morgan fingerprint density at radius 3 is 3.07 bits per heavy atom. The third-order valence-electron chi connectivity index (χ3n) is 2.23. The highest BCUT2D eigenvalue weighted by Gasteiger charge is 2.05. The zero-order valence-electron chi connectivity index (χ0n) is 7.31. The fourth-order valence-corrected chi connectivity index (χ4v) is 2.22. The molecule has 0 radical (unpaired) electrons. The molecule has 1 aromatic carbocycles. The van der Waals surface area contributed by atoms with E-state index in [1.165, 1.54) is 11.1 Å². The van der Waals surface area contributed by atoms with Crippen LogP contribution in [-0.4, -0.2) is 5.16 Å². The molecule has 0 saturated carbocycles. The van der Waals surface area contributed by atoms with Crippen LogP contribution in [0.25, 0.3) is 22.1 Å². The second kappa shape index (κ2) is 2.96. The molecule has 0 amide bonds. The highest BCUT2D eigenvalue weighted by molar-refractivity contribution is 7.08. The van der Waals surface area contributed by atoms with Gasteiger partial charge in [-0.3, -0.25) is 0 Å². The number of hydrogen-bond acceptors (Lipinski definition) is 3. The Hall–Kier alpha value is -1.61. The van der Waals surface area contributed by atoms with Gasteiger partial charge in [0.1, 0.15) is 0 Å². The van der Waals surface area contributed by atoms with E-state index in [0.29, 0.717) is 0 Å². The van der Waals surface area contributed by atoms with E-state index >= 15 is 0 Å². The first-order chi connectivity index (χ1) is 6.95. The molecule has 68 valence electrons. The summed E-state index contributed by atoms with van der Waals surface area (Å²) in [6.07, 6.45) is 1.77. The minimum absolute atomic E-state index is 0.841. The first-order valence-corrected chi connectivity index (χ1v) is 5.25. The maximum absolute atomic E-state index is 5.11. The van der Waals surface area contributed by atoms with Crippen LogP contribution in [0.4, 0.5) is 0 Å². The molecule has 0 fully saturated rings. The number of fused-ring (bicyclic) bond motifs is 1. The van der Waals surface area contributed by atoms with Gasteiger partial charge in [-0.2, -0.15) is 11.3 Å². The van der Waals surface area contributed by atoms with Gasteiger partial charge in [-0.1, -0.05) is 17.3 Å². The van der Waals surface area contributed by atoms with Crippen LogP contribution in [0.3, 0.4) is 0 Å². The predicted octanol–water partition coefficient (Wildman–Crippen LogP) is 3.56. The van der Waals surface area contributed by atoms with Gasteiger partial charge in [-0.15, -0.1) is 0 Å². The van der Waals surface area contributed by atoms with Crippen LogP contribution >= 0.6 is 11.3 Å². The van der Waals surface area contributed by atoms with Crippen LogP contribution in [0.2, 0.25) is 0 Å². The SMILES string of the molecule is c1cc(-c2ccsc2)c2cnoc2c1. The summed E-state index contributed by atoms with van der Waals surface area (Å²) in [5, 5.41) is 9.07. The fourth-order valence-electron chi connectivity index (χ4n) is 1.56. The monoisotopic (exact) mass is 201 g/mol. The van der Waals surface area contributed by atoms with Crippen molar-refractivity contribution in [1.29, 1.82) is 0 Å². The molecule has 3 aromatic rings. The van der Waals surface area contributed by atoms with E-state index in [-0.39, 0.29) is 0 Å². The topological polar surface area (TPSA) is 26.0 Å². The standard InChI is InChI=1S/C11H7NOS/c1-2-9(8-4-5-14-7-8)10-6-12-13-11(10)3-1/h1-7H. The van der Waals surface area contributed by atoms with Crippen molar-refractivity contribution >= 4 is 22.3 Å². The first-order valence-electron chi connectivity index (χ1n) is 4.31. The van der Waals surface area contributed by atoms with Crippen molar-refractivity contribution in [1.82, 2.24) is 5.16 Å². The molecule has 2 nitrogen and oxygen atoms in total. The summed E-state index contributed by atoms with van der Waals surface area (Å²) in [7, 11) is 0. The molecule has 0 atom stereocenters. The lowest BCUT2D eigenvalue weighted by atomic mass is 10.1. The molecule has 0 N–H and O–H groups in total. The van der Waals surface area contributed by atoms with Crippen molar-refractivity contribution < 1.29 is 4.52 Å². The molecule has 0 aliphatic rings. The first kappa shape index (κ1) is 7.76. The lowest BCUT2D eigenvalue weighted by molar-refractivity contribution is 0.456. The Balaban J connectivity index is 2.36. The second-order valence-corrected chi connectivity index (χ2v) is 3.84. The van der Waals surface area contributed by atoms with Crippen LogP contribution in [0.5, 0.6) is 0 Å². The molecule has 0 unspecified atom stereocenters. The molecule has 0 aliphatic carbocycles. The molecule has 14 heavy (non-hydrogen) atoms. The Morgan fingerprint density at radius 1 is 1.21 bits per heavy atom. The number of nitrogens with zero attached hydrogens (tertiary/aromatic N) is 1. The van der Waals surface area contributed by atoms with Gasteiger partial charge < -0.3 is 4.52 Å². The van der Waals surface area contributed by atoms with Gasteiger partial charge in [-0.25, -0.2) is 0 Å². The highest BCUT2D eigenvalue weighted by Crippen LogP contribution is 2.29. The third-order valence-corrected chi connectivity index (χ3v) is 2.91. The van der Waals surface area contributed by atoms with E-state index < -0.39 is 0 Å². The fraction of sp³-hybridized carbons (Fsp3) is 0. The van der Waals surface area contributed by atoms with Crippen LogP contribution in [-0.2, 0) is 0 Å². The van der Waals surface area contributed by atoms with E-state index in [1.54, 1.807) is 17.5 Å². The van der Waals surface area contributed by atoms with E-state index in [4.69, 9.17) is 4.52 Å². The quantitative estimate of drug-likeness (QED) is 0.601. The van der Waals surface area contributed by atoms with Crippen molar-refractivity contribution in [2.45, 2.75) is 0 Å². The molecule has 0 saturated heterocycles. The molecule has 2 heterocycles. The normalized spacial score (nSPS) is 10.9. The minimum atomic E-state index is 0.841. The molecule has 0 spiro atoms. The average Bonchev–Trinajstić information content (AvgIpc) is 2.88. The van der Waals surface area contributed by atoms with Crippen molar-refractivity contribution in [3.8, 4) is 11.1 Å². The molecule has 2 aromatic heterocycles. The molecular weight excluding hydrogens is 194 g/mol. The van der Waals surface area contributed by atoms with E-state index in [0.717, 1.165) is 11.0 Å². The third kappa shape index (κ3) is 1.06. The summed E-state index contributed by atoms with van der Waals surface area (Å²) in [6, 6.07) is 8.10. The van der Waals surface area contributed by atoms with E-state index in [9.17, 15) is 0 Å². The van der Waals surface area contributed by atoms with Crippen molar-refractivity contribution in [2.75, 3.05) is 0 Å². The Kier molecular flexibility index (Phi) is 1.64. The van der Waals surface area contributed by atoms with E-state index in [2.05, 4.69) is 28.0 Å². The van der Waals surface area contributed by atoms with Crippen molar-refractivity contribution in [3.05, 3.63) is 41.2 Å². The van der Waals surface area contributed by atoms with Crippen molar-refractivity contribution in [3.63, 3.8) is 0 Å². The van der Waals surface area contributed by atoms with Gasteiger partial charge in [0.2, 0.25) is 0 Å². The van der Waals surface area contributed by atoms with Crippen LogP contribution in [0.1, 0.15) is 0 Å². The van der Waals surface area contributed by atoms with Crippen LogP contribution in [0, 0.1) is 0 Å². The lowest BCUT2D eigenvalue weighted by Crippen LogP contribution is -1.73. The van der Waals surface area contributed by atoms with E-state index in [1.807, 2.05) is 12.1 Å². The summed E-state index contributed by atoms with van der Waals surface area (Å²) in [5.74, 6) is 0. The average molecular weight is 201 g/mol. The maximum Gasteiger partial charge on any atom is 0.167 e. The smallest absolute Gasteiger partial charge is 0.167 e. The number of rotatable bonds is 1.